The van der Waals surface area contributed by atoms with E-state index in [-0.39, 0.29) is 12.8 Å². The summed E-state index contributed by atoms with van der Waals surface area (Å²) < 4.78 is 5.63. The molecular weight excluding hydrogens is 332 g/mol. The topological polar surface area (TPSA) is 105 Å². The minimum Gasteiger partial charge on any atom is -0.497 e. The number of carbonyl (C=O) groups is 3. The number of hydrogen-bond acceptors (Lipinski definition) is 4. The maximum Gasteiger partial charge on any atom is 0.325 e. The average Bonchev–Trinajstić information content (AvgIpc) is 2.39. The highest BCUT2D eigenvalue weighted by Crippen LogP contribution is 2.26. The van der Waals surface area contributed by atoms with Crippen LogP contribution in [0.5, 0.6) is 5.75 Å². The number of anilines is 1. The molecule has 0 spiro atoms. The first-order chi connectivity index (χ1) is 9.42. The second-order valence-corrected chi connectivity index (χ2v) is 4.60. The van der Waals surface area contributed by atoms with Crippen molar-refractivity contribution in [1.82, 2.24) is 5.32 Å². The SMILES string of the molecule is COc1ccc(Br)c(NC(=O)NC(=O)CCC(=O)O)c1. The van der Waals surface area contributed by atoms with Crippen molar-refractivity contribution in [2.75, 3.05) is 12.4 Å². The predicted octanol–water partition coefficient (Wildman–Crippen LogP) is 1.97. The summed E-state index contributed by atoms with van der Waals surface area (Å²) in [5.74, 6) is -1.22. The lowest BCUT2D eigenvalue weighted by Gasteiger charge is -2.09. The number of nitrogens with one attached hydrogen (secondary N) is 2. The van der Waals surface area contributed by atoms with E-state index in [2.05, 4.69) is 21.2 Å². The molecule has 8 heteroatoms. The third kappa shape index (κ3) is 5.27. The fourth-order valence-corrected chi connectivity index (χ4v) is 1.64. The van der Waals surface area contributed by atoms with Gasteiger partial charge < -0.3 is 15.2 Å². The maximum absolute atomic E-state index is 11.6. The molecule has 0 aliphatic rings. The molecule has 0 saturated heterocycles. The molecule has 0 saturated carbocycles. The van der Waals surface area contributed by atoms with E-state index in [1.165, 1.54) is 7.11 Å². The summed E-state index contributed by atoms with van der Waals surface area (Å²) in [7, 11) is 1.49. The smallest absolute Gasteiger partial charge is 0.325 e. The van der Waals surface area contributed by atoms with Crippen LogP contribution in [0.25, 0.3) is 0 Å². The van der Waals surface area contributed by atoms with Gasteiger partial charge >= 0.3 is 12.0 Å². The van der Waals surface area contributed by atoms with Gasteiger partial charge in [-0.15, -0.1) is 0 Å². The molecule has 108 valence electrons. The van der Waals surface area contributed by atoms with E-state index in [1.54, 1.807) is 18.2 Å². The molecule has 0 radical (unpaired) electrons. The molecule has 0 unspecified atom stereocenters. The Morgan fingerprint density at radius 2 is 2.00 bits per heavy atom. The van der Waals surface area contributed by atoms with Gasteiger partial charge in [0.15, 0.2) is 0 Å². The minimum absolute atomic E-state index is 0.262. The molecule has 0 aliphatic carbocycles. The zero-order valence-electron chi connectivity index (χ0n) is 10.6. The largest absolute Gasteiger partial charge is 0.497 e. The normalized spacial score (nSPS) is 9.70. The molecule has 20 heavy (non-hydrogen) atoms. The van der Waals surface area contributed by atoms with E-state index < -0.39 is 17.9 Å². The van der Waals surface area contributed by atoms with E-state index in [0.29, 0.717) is 15.9 Å². The van der Waals surface area contributed by atoms with Crippen LogP contribution in [0.3, 0.4) is 0 Å². The summed E-state index contributed by atoms with van der Waals surface area (Å²) in [6.45, 7) is 0. The van der Waals surface area contributed by atoms with Crippen LogP contribution in [0.2, 0.25) is 0 Å². The molecule has 1 aromatic carbocycles. The molecule has 0 aliphatic heterocycles. The van der Waals surface area contributed by atoms with Gasteiger partial charge in [0.25, 0.3) is 0 Å². The quantitative estimate of drug-likeness (QED) is 0.757. The summed E-state index contributed by atoms with van der Waals surface area (Å²) >= 11 is 3.24. The maximum atomic E-state index is 11.6. The molecule has 0 bridgehead atoms. The molecule has 1 aromatic rings. The zero-order valence-corrected chi connectivity index (χ0v) is 12.2. The number of rotatable bonds is 5. The number of carboxylic acids is 1. The van der Waals surface area contributed by atoms with Crippen molar-refractivity contribution >= 4 is 39.5 Å². The van der Waals surface area contributed by atoms with E-state index in [4.69, 9.17) is 9.84 Å². The Balaban J connectivity index is 2.58. The van der Waals surface area contributed by atoms with E-state index in [0.717, 1.165) is 0 Å². The monoisotopic (exact) mass is 344 g/mol. The van der Waals surface area contributed by atoms with Crippen molar-refractivity contribution in [3.63, 3.8) is 0 Å². The van der Waals surface area contributed by atoms with Crippen molar-refractivity contribution in [3.8, 4) is 5.75 Å². The molecular formula is C12H13BrN2O5. The lowest BCUT2D eigenvalue weighted by atomic mass is 10.3. The van der Waals surface area contributed by atoms with Crippen LogP contribution in [-0.2, 0) is 9.59 Å². The Hall–Kier alpha value is -2.09. The predicted molar refractivity (Wildman–Crippen MR) is 74.7 cm³/mol. The highest BCUT2D eigenvalue weighted by molar-refractivity contribution is 9.10. The summed E-state index contributed by atoms with van der Waals surface area (Å²) in [6, 6.07) is 4.21. The van der Waals surface area contributed by atoms with Crippen molar-refractivity contribution in [3.05, 3.63) is 22.7 Å². The van der Waals surface area contributed by atoms with Gasteiger partial charge in [0.1, 0.15) is 5.75 Å². The third-order valence-electron chi connectivity index (χ3n) is 2.24. The van der Waals surface area contributed by atoms with Gasteiger partial charge in [-0.05, 0) is 28.1 Å². The first-order valence-corrected chi connectivity index (χ1v) is 6.38. The fraction of sp³-hybridized carbons (Fsp3) is 0.250. The van der Waals surface area contributed by atoms with Crippen LogP contribution in [-0.4, -0.2) is 30.1 Å². The van der Waals surface area contributed by atoms with Crippen LogP contribution >= 0.6 is 15.9 Å². The second-order valence-electron chi connectivity index (χ2n) is 3.74. The highest BCUT2D eigenvalue weighted by atomic mass is 79.9. The number of ether oxygens (including phenoxy) is 1. The van der Waals surface area contributed by atoms with Crippen LogP contribution in [0.4, 0.5) is 10.5 Å². The molecule has 1 rings (SSSR count). The number of carboxylic acid groups (broad SMARTS) is 1. The second kappa shape index (κ2) is 7.49. The first-order valence-electron chi connectivity index (χ1n) is 5.58. The zero-order chi connectivity index (χ0) is 15.1. The lowest BCUT2D eigenvalue weighted by molar-refractivity contribution is -0.138. The van der Waals surface area contributed by atoms with Crippen LogP contribution in [0.1, 0.15) is 12.8 Å². The summed E-state index contributed by atoms with van der Waals surface area (Å²) in [4.78, 5) is 33.1. The van der Waals surface area contributed by atoms with Gasteiger partial charge in [0.2, 0.25) is 5.91 Å². The van der Waals surface area contributed by atoms with Crippen LogP contribution < -0.4 is 15.4 Å². The van der Waals surface area contributed by atoms with Gasteiger partial charge in [0.05, 0.1) is 19.2 Å². The highest BCUT2D eigenvalue weighted by Gasteiger charge is 2.11. The third-order valence-corrected chi connectivity index (χ3v) is 2.93. The summed E-state index contributed by atoms with van der Waals surface area (Å²) in [5.41, 5.74) is 0.424. The molecule has 0 fully saturated rings. The molecule has 3 N–H and O–H groups in total. The van der Waals surface area contributed by atoms with Crippen molar-refractivity contribution in [1.29, 1.82) is 0 Å². The summed E-state index contributed by atoms with van der Waals surface area (Å²) in [6.07, 6.45) is -0.593. The molecule has 0 aromatic heterocycles. The first kappa shape index (κ1) is 16.0. The minimum atomic E-state index is -1.10. The Labute approximate surface area is 123 Å². The number of halogens is 1. The number of benzene rings is 1. The van der Waals surface area contributed by atoms with Gasteiger partial charge in [0, 0.05) is 17.0 Å². The number of carbonyl (C=O) groups excluding carboxylic acids is 2. The van der Waals surface area contributed by atoms with Crippen molar-refractivity contribution < 1.29 is 24.2 Å². The number of hydrogen-bond donors (Lipinski definition) is 3. The van der Waals surface area contributed by atoms with Gasteiger partial charge in [-0.1, -0.05) is 0 Å². The molecule has 3 amide bonds. The van der Waals surface area contributed by atoms with Crippen molar-refractivity contribution in [2.24, 2.45) is 0 Å². The average molecular weight is 345 g/mol. The lowest BCUT2D eigenvalue weighted by Crippen LogP contribution is -2.34. The molecule has 7 nitrogen and oxygen atoms in total. The number of aliphatic carboxylic acids is 1. The summed E-state index contributed by atoms with van der Waals surface area (Å²) in [5, 5.41) is 12.9. The van der Waals surface area contributed by atoms with Crippen molar-refractivity contribution in [2.45, 2.75) is 12.8 Å². The van der Waals surface area contributed by atoms with E-state index in [1.807, 2.05) is 5.32 Å². The van der Waals surface area contributed by atoms with Gasteiger partial charge in [-0.3, -0.25) is 14.9 Å². The Bertz CT molecular complexity index is 533. The number of urea groups is 1. The Morgan fingerprint density at radius 3 is 2.60 bits per heavy atom. The molecule has 0 heterocycles. The number of amides is 3. The Kier molecular flexibility index (Phi) is 5.98. The van der Waals surface area contributed by atoms with E-state index >= 15 is 0 Å². The Morgan fingerprint density at radius 1 is 1.30 bits per heavy atom. The standard InChI is InChI=1S/C12H13BrN2O5/c1-20-7-2-3-8(13)9(6-7)14-12(19)15-10(16)4-5-11(17)18/h2-3,6H,4-5H2,1H3,(H,17,18)(H2,14,15,16,19). The number of imide groups is 1. The van der Waals surface area contributed by atoms with Crippen LogP contribution in [0.15, 0.2) is 22.7 Å². The fourth-order valence-electron chi connectivity index (χ4n) is 1.29. The van der Waals surface area contributed by atoms with E-state index in [9.17, 15) is 14.4 Å². The van der Waals surface area contributed by atoms with Crippen LogP contribution in [0, 0.1) is 0 Å². The number of methoxy groups -OCH3 is 1. The van der Waals surface area contributed by atoms with Gasteiger partial charge in [-0.2, -0.15) is 0 Å². The van der Waals surface area contributed by atoms with Gasteiger partial charge in [-0.25, -0.2) is 4.79 Å². The molecule has 0 atom stereocenters.